The van der Waals surface area contributed by atoms with Crippen LogP contribution in [0.25, 0.3) is 11.0 Å². The molecule has 1 aromatic heterocycles. The number of hydrogen-bond acceptors (Lipinski definition) is 8. The summed E-state index contributed by atoms with van der Waals surface area (Å²) in [5, 5.41) is 0. The molecule has 3 rings (SSSR count). The third kappa shape index (κ3) is 4.13. The highest BCUT2D eigenvalue weighted by atomic mass is 32.2. The first-order valence-electron chi connectivity index (χ1n) is 8.26. The third-order valence-electron chi connectivity index (χ3n) is 4.15. The smallest absolute Gasteiger partial charge is 0.494 e. The van der Waals surface area contributed by atoms with E-state index in [1.54, 1.807) is 19.1 Å². The number of morpholine rings is 1. The Kier molecular flexibility index (Phi) is 5.64. The van der Waals surface area contributed by atoms with Gasteiger partial charge in [0.15, 0.2) is 0 Å². The van der Waals surface area contributed by atoms with Gasteiger partial charge in [0.1, 0.15) is 22.9 Å². The average molecular weight is 421 g/mol. The van der Waals surface area contributed by atoms with E-state index in [9.17, 15) is 21.6 Å². The van der Waals surface area contributed by atoms with E-state index < -0.39 is 28.3 Å². The fourth-order valence-electron chi connectivity index (χ4n) is 3.00. The Morgan fingerprint density at radius 2 is 1.89 bits per heavy atom. The van der Waals surface area contributed by atoms with Crippen molar-refractivity contribution in [2.45, 2.75) is 24.6 Å². The number of benzene rings is 1. The Labute approximate surface area is 159 Å². The molecule has 1 fully saturated rings. The molecule has 0 saturated carbocycles. The van der Waals surface area contributed by atoms with E-state index >= 15 is 0 Å². The molecule has 2 atom stereocenters. The average Bonchev–Trinajstić information content (AvgIpc) is 2.64. The Morgan fingerprint density at radius 1 is 1.21 bits per heavy atom. The minimum absolute atomic E-state index is 0.121. The highest BCUT2D eigenvalue weighted by Crippen LogP contribution is 2.32. The zero-order valence-electron chi connectivity index (χ0n) is 15.0. The van der Waals surface area contributed by atoms with Gasteiger partial charge in [-0.2, -0.15) is 21.6 Å². The summed E-state index contributed by atoms with van der Waals surface area (Å²) in [6.45, 7) is 1.54. The van der Waals surface area contributed by atoms with Crippen molar-refractivity contribution in [1.29, 1.82) is 0 Å². The number of hydrogen-bond donors (Lipinski definition) is 0. The summed E-state index contributed by atoms with van der Waals surface area (Å²) in [5.41, 5.74) is -3.70. The summed E-state index contributed by atoms with van der Waals surface area (Å²) in [6, 6.07) is 3.48. The van der Waals surface area contributed by atoms with Gasteiger partial charge in [-0.05, 0) is 19.1 Å². The molecule has 2 heterocycles. The molecule has 0 spiro atoms. The van der Waals surface area contributed by atoms with Crippen LogP contribution in [-0.2, 0) is 19.0 Å². The molecule has 1 aliphatic rings. The minimum atomic E-state index is -5.68. The molecule has 0 radical (unpaired) electrons. The second-order valence-electron chi connectivity index (χ2n) is 6.20. The van der Waals surface area contributed by atoms with Crippen LogP contribution in [0.4, 0.5) is 18.9 Å². The van der Waals surface area contributed by atoms with Crippen LogP contribution in [0, 0.1) is 0 Å². The Morgan fingerprint density at radius 3 is 2.54 bits per heavy atom. The molecule has 0 amide bonds. The number of aromatic nitrogens is 2. The van der Waals surface area contributed by atoms with E-state index in [0.717, 1.165) is 0 Å². The maximum Gasteiger partial charge on any atom is 0.523 e. The lowest BCUT2D eigenvalue weighted by Crippen LogP contribution is -2.49. The molecule has 0 bridgehead atoms. The van der Waals surface area contributed by atoms with Crippen molar-refractivity contribution in [3.63, 3.8) is 0 Å². The van der Waals surface area contributed by atoms with Crippen LogP contribution in [0.2, 0.25) is 0 Å². The summed E-state index contributed by atoms with van der Waals surface area (Å²) in [4.78, 5) is 10.4. The fourth-order valence-corrected chi connectivity index (χ4v) is 3.47. The van der Waals surface area contributed by atoms with Gasteiger partial charge in [0, 0.05) is 25.5 Å². The molecule has 0 unspecified atom stereocenters. The van der Waals surface area contributed by atoms with E-state index in [1.807, 2.05) is 4.90 Å². The van der Waals surface area contributed by atoms with Gasteiger partial charge in [0.2, 0.25) is 0 Å². The lowest BCUT2D eigenvalue weighted by atomic mass is 10.1. The zero-order valence-corrected chi connectivity index (χ0v) is 15.8. The normalized spacial score (nSPS) is 21.1. The lowest BCUT2D eigenvalue weighted by Gasteiger charge is -2.38. The van der Waals surface area contributed by atoms with Crippen LogP contribution < -0.4 is 9.64 Å². The molecular weight excluding hydrogens is 403 g/mol. The molecule has 0 N–H and O–H groups in total. The molecule has 1 saturated heterocycles. The first-order chi connectivity index (χ1) is 13.1. The number of methoxy groups -OCH3 is 1. The van der Waals surface area contributed by atoms with Crippen LogP contribution in [-0.4, -0.2) is 62.9 Å². The van der Waals surface area contributed by atoms with Crippen LogP contribution in [0.3, 0.4) is 0 Å². The van der Waals surface area contributed by atoms with E-state index in [0.29, 0.717) is 29.0 Å². The predicted octanol–water partition coefficient (Wildman–Crippen LogP) is 2.10. The quantitative estimate of drug-likeness (QED) is 0.536. The molecule has 2 aromatic rings. The number of alkyl halides is 3. The van der Waals surface area contributed by atoms with Crippen LogP contribution in [0.5, 0.6) is 5.75 Å². The molecule has 0 aliphatic carbocycles. The van der Waals surface area contributed by atoms with Gasteiger partial charge in [-0.25, -0.2) is 4.98 Å². The van der Waals surface area contributed by atoms with Crippen molar-refractivity contribution in [3.05, 3.63) is 24.5 Å². The molecule has 12 heteroatoms. The first-order valence-corrected chi connectivity index (χ1v) is 9.67. The number of rotatable bonds is 5. The van der Waals surface area contributed by atoms with Crippen molar-refractivity contribution in [1.82, 2.24) is 9.97 Å². The summed E-state index contributed by atoms with van der Waals surface area (Å²) in [7, 11) is -4.17. The van der Waals surface area contributed by atoms with Crippen molar-refractivity contribution in [3.8, 4) is 5.75 Å². The van der Waals surface area contributed by atoms with Crippen LogP contribution >= 0.6 is 0 Å². The topological polar surface area (TPSA) is 90.9 Å². The van der Waals surface area contributed by atoms with Gasteiger partial charge in [-0.15, -0.1) is 0 Å². The molecule has 1 aliphatic heterocycles. The van der Waals surface area contributed by atoms with Gasteiger partial charge in [0.05, 0.1) is 25.5 Å². The van der Waals surface area contributed by atoms with Crippen molar-refractivity contribution in [2.24, 2.45) is 0 Å². The highest BCUT2D eigenvalue weighted by Gasteiger charge is 2.47. The summed E-state index contributed by atoms with van der Waals surface area (Å²) in [6.07, 6.45) is 1.79. The number of halogens is 3. The van der Waals surface area contributed by atoms with Gasteiger partial charge in [0.25, 0.3) is 0 Å². The number of ether oxygens (including phenoxy) is 2. The molecule has 1 aromatic carbocycles. The van der Waals surface area contributed by atoms with E-state index in [-0.39, 0.29) is 12.6 Å². The maximum absolute atomic E-state index is 12.5. The van der Waals surface area contributed by atoms with Gasteiger partial charge in [-0.3, -0.25) is 9.17 Å². The van der Waals surface area contributed by atoms with Crippen LogP contribution in [0.1, 0.15) is 6.92 Å². The number of nitrogens with zero attached hydrogens (tertiary/aromatic N) is 3. The number of anilines is 1. The van der Waals surface area contributed by atoms with E-state index in [1.165, 1.54) is 19.5 Å². The molecule has 28 heavy (non-hydrogen) atoms. The maximum atomic E-state index is 12.5. The van der Waals surface area contributed by atoms with E-state index in [4.69, 9.17) is 9.47 Å². The summed E-state index contributed by atoms with van der Waals surface area (Å²) < 4.78 is 74.6. The minimum Gasteiger partial charge on any atom is -0.494 e. The van der Waals surface area contributed by atoms with Crippen LogP contribution in [0.15, 0.2) is 24.5 Å². The van der Waals surface area contributed by atoms with Gasteiger partial charge in [-0.1, -0.05) is 0 Å². The standard InChI is InChI=1S/C16H18F3N3O5S/c1-10-7-22(8-11(27-10)9-26-28(23,24)16(17,18)19)12-3-4-13(25-2)15-14(12)20-5-6-21-15/h3-6,10-11H,7-9H2,1-2H3/t10-,11-/m1/s1. The largest absolute Gasteiger partial charge is 0.523 e. The van der Waals surface area contributed by atoms with Gasteiger partial charge < -0.3 is 14.4 Å². The monoisotopic (exact) mass is 421 g/mol. The Hall–Kier alpha value is -2.18. The Balaban J connectivity index is 1.83. The summed E-state index contributed by atoms with van der Waals surface area (Å²) in [5.74, 6) is 0.532. The van der Waals surface area contributed by atoms with Crippen molar-refractivity contribution in [2.75, 3.05) is 31.7 Å². The highest BCUT2D eigenvalue weighted by molar-refractivity contribution is 7.87. The van der Waals surface area contributed by atoms with Gasteiger partial charge >= 0.3 is 15.6 Å². The fraction of sp³-hybridized carbons (Fsp3) is 0.500. The third-order valence-corrected chi connectivity index (χ3v) is 5.16. The Bertz CT molecular complexity index is 954. The zero-order chi connectivity index (χ0) is 20.5. The predicted molar refractivity (Wildman–Crippen MR) is 93.6 cm³/mol. The molecular formula is C16H18F3N3O5S. The van der Waals surface area contributed by atoms with Crippen molar-refractivity contribution < 1.29 is 35.2 Å². The second-order valence-corrected chi connectivity index (χ2v) is 7.81. The number of fused-ring (bicyclic) bond motifs is 1. The molecule has 154 valence electrons. The lowest BCUT2D eigenvalue weighted by molar-refractivity contribution is -0.0656. The second kappa shape index (κ2) is 7.68. The SMILES string of the molecule is COc1ccc(N2C[C@H](COS(=O)(=O)C(F)(F)F)O[C@H](C)C2)c2nccnc12. The molecule has 8 nitrogen and oxygen atoms in total. The summed E-state index contributed by atoms with van der Waals surface area (Å²) >= 11 is 0. The van der Waals surface area contributed by atoms with Crippen molar-refractivity contribution >= 4 is 26.8 Å². The first kappa shape index (κ1) is 20.6. The van der Waals surface area contributed by atoms with E-state index in [2.05, 4.69) is 14.2 Å².